The summed E-state index contributed by atoms with van der Waals surface area (Å²) in [6.07, 6.45) is 0. The quantitative estimate of drug-likeness (QED) is 0.511. The molecule has 7 heteroatoms. The highest BCUT2D eigenvalue weighted by Crippen LogP contribution is 2.30. The molecule has 2 aromatic carbocycles. The number of thiophene rings is 1. The molecule has 6 nitrogen and oxygen atoms in total. The van der Waals surface area contributed by atoms with Crippen molar-refractivity contribution in [2.24, 2.45) is 0 Å². The van der Waals surface area contributed by atoms with Gasteiger partial charge in [0.15, 0.2) is 6.61 Å². The van der Waals surface area contributed by atoms with Gasteiger partial charge in [-0.05, 0) is 42.1 Å². The molecular weight excluding hydrogens is 374 g/mol. The molecule has 2 aromatic heterocycles. The fraction of sp³-hybridized carbons (Fsp3) is 0.0952. The number of para-hydroxylation sites is 2. The van der Waals surface area contributed by atoms with Crippen LogP contribution in [-0.4, -0.2) is 22.7 Å². The number of nitrogens with zero attached hydrogens (tertiary/aromatic N) is 2. The summed E-state index contributed by atoms with van der Waals surface area (Å²) in [5.74, 6) is 1.15. The molecule has 0 atom stereocenters. The van der Waals surface area contributed by atoms with Crippen LogP contribution in [0, 0.1) is 6.92 Å². The summed E-state index contributed by atoms with van der Waals surface area (Å²) < 4.78 is 11.1. The Kier molecular flexibility index (Phi) is 5.16. The van der Waals surface area contributed by atoms with E-state index in [0.717, 1.165) is 16.1 Å². The van der Waals surface area contributed by atoms with Gasteiger partial charge in [-0.2, -0.15) is 4.98 Å². The Balaban J connectivity index is 1.48. The Morgan fingerprint density at radius 3 is 2.75 bits per heavy atom. The standard InChI is InChI=1S/C21H17N3O3S/c1-14-7-2-4-9-16(14)22-19(25)13-26-17-10-5-3-8-15(17)20-23-21(27-24-20)18-11-6-12-28-18/h2-12H,13H2,1H3,(H,22,25). The van der Waals surface area contributed by atoms with Crippen molar-refractivity contribution in [3.05, 3.63) is 71.6 Å². The van der Waals surface area contributed by atoms with E-state index >= 15 is 0 Å². The number of aryl methyl sites for hydroxylation is 1. The monoisotopic (exact) mass is 391 g/mol. The molecule has 2 heterocycles. The molecule has 1 N–H and O–H groups in total. The van der Waals surface area contributed by atoms with E-state index < -0.39 is 0 Å². The molecule has 0 aliphatic rings. The first-order chi connectivity index (χ1) is 13.7. The number of carbonyl (C=O) groups is 1. The largest absolute Gasteiger partial charge is 0.483 e. The Bertz CT molecular complexity index is 1090. The van der Waals surface area contributed by atoms with E-state index in [4.69, 9.17) is 9.26 Å². The highest BCUT2D eigenvalue weighted by molar-refractivity contribution is 7.13. The normalized spacial score (nSPS) is 10.6. The van der Waals surface area contributed by atoms with Gasteiger partial charge in [0.1, 0.15) is 5.75 Å². The first kappa shape index (κ1) is 17.9. The third-order valence-corrected chi connectivity index (χ3v) is 4.92. The summed E-state index contributed by atoms with van der Waals surface area (Å²) >= 11 is 1.52. The van der Waals surface area contributed by atoms with Crippen LogP contribution in [0.5, 0.6) is 5.75 Å². The van der Waals surface area contributed by atoms with Crippen molar-refractivity contribution in [1.82, 2.24) is 10.1 Å². The molecule has 0 aliphatic carbocycles. The van der Waals surface area contributed by atoms with Crippen LogP contribution in [0.4, 0.5) is 5.69 Å². The van der Waals surface area contributed by atoms with Gasteiger partial charge in [0, 0.05) is 5.69 Å². The van der Waals surface area contributed by atoms with Crippen LogP contribution >= 0.6 is 11.3 Å². The Labute approximate surface area is 165 Å². The van der Waals surface area contributed by atoms with Gasteiger partial charge >= 0.3 is 0 Å². The molecule has 0 saturated carbocycles. The maximum Gasteiger partial charge on any atom is 0.268 e. The van der Waals surface area contributed by atoms with E-state index in [9.17, 15) is 4.79 Å². The molecule has 0 aliphatic heterocycles. The lowest BCUT2D eigenvalue weighted by molar-refractivity contribution is -0.118. The van der Waals surface area contributed by atoms with E-state index in [1.807, 2.05) is 66.9 Å². The first-order valence-corrected chi connectivity index (χ1v) is 9.54. The third-order valence-electron chi connectivity index (χ3n) is 4.06. The number of hydrogen-bond donors (Lipinski definition) is 1. The van der Waals surface area contributed by atoms with E-state index in [0.29, 0.717) is 23.0 Å². The average Bonchev–Trinajstić information content (AvgIpc) is 3.40. The van der Waals surface area contributed by atoms with Gasteiger partial charge in [-0.1, -0.05) is 41.6 Å². The third kappa shape index (κ3) is 3.94. The zero-order chi connectivity index (χ0) is 19.3. The highest BCUT2D eigenvalue weighted by Gasteiger charge is 2.16. The molecule has 0 spiro atoms. The fourth-order valence-electron chi connectivity index (χ4n) is 2.65. The Hall–Kier alpha value is -3.45. The number of amides is 1. The number of nitrogens with one attached hydrogen (secondary N) is 1. The zero-order valence-electron chi connectivity index (χ0n) is 15.1. The number of ether oxygens (including phenoxy) is 1. The molecular formula is C21H17N3O3S. The van der Waals surface area contributed by atoms with E-state index in [1.54, 1.807) is 6.07 Å². The van der Waals surface area contributed by atoms with Crippen molar-refractivity contribution in [3.8, 4) is 27.9 Å². The van der Waals surface area contributed by atoms with Crippen molar-refractivity contribution in [1.29, 1.82) is 0 Å². The lowest BCUT2D eigenvalue weighted by Gasteiger charge is -2.11. The average molecular weight is 391 g/mol. The second-order valence-electron chi connectivity index (χ2n) is 6.05. The van der Waals surface area contributed by atoms with Crippen LogP contribution in [-0.2, 0) is 4.79 Å². The van der Waals surface area contributed by atoms with Crippen LogP contribution in [0.1, 0.15) is 5.56 Å². The molecule has 140 valence electrons. The van der Waals surface area contributed by atoms with Crippen LogP contribution in [0.15, 0.2) is 70.6 Å². The second kappa shape index (κ2) is 8.06. The van der Waals surface area contributed by atoms with Gasteiger partial charge < -0.3 is 14.6 Å². The van der Waals surface area contributed by atoms with E-state index in [-0.39, 0.29) is 12.5 Å². The van der Waals surface area contributed by atoms with E-state index in [1.165, 1.54) is 11.3 Å². The number of carbonyl (C=O) groups excluding carboxylic acids is 1. The number of hydrogen-bond acceptors (Lipinski definition) is 6. The van der Waals surface area contributed by atoms with Gasteiger partial charge in [0.05, 0.1) is 10.4 Å². The number of benzene rings is 2. The summed E-state index contributed by atoms with van der Waals surface area (Å²) in [6, 6.07) is 18.7. The van der Waals surface area contributed by atoms with Crippen molar-refractivity contribution in [2.45, 2.75) is 6.92 Å². The van der Waals surface area contributed by atoms with Gasteiger partial charge in [-0.3, -0.25) is 4.79 Å². The molecule has 0 bridgehead atoms. The maximum atomic E-state index is 12.3. The minimum atomic E-state index is -0.239. The van der Waals surface area contributed by atoms with Gasteiger partial charge in [0.25, 0.3) is 11.8 Å². The molecule has 0 unspecified atom stereocenters. The lowest BCUT2D eigenvalue weighted by atomic mass is 10.2. The first-order valence-electron chi connectivity index (χ1n) is 8.66. The minimum Gasteiger partial charge on any atom is -0.483 e. The zero-order valence-corrected chi connectivity index (χ0v) is 15.9. The predicted octanol–water partition coefficient (Wildman–Crippen LogP) is 4.79. The van der Waals surface area contributed by atoms with Crippen LogP contribution in [0.3, 0.4) is 0 Å². The van der Waals surface area contributed by atoms with Crippen molar-refractivity contribution in [3.63, 3.8) is 0 Å². The highest BCUT2D eigenvalue weighted by atomic mass is 32.1. The molecule has 0 radical (unpaired) electrons. The van der Waals surface area contributed by atoms with Crippen molar-refractivity contribution in [2.75, 3.05) is 11.9 Å². The molecule has 0 saturated heterocycles. The van der Waals surface area contributed by atoms with Gasteiger partial charge in [-0.25, -0.2) is 0 Å². The Morgan fingerprint density at radius 2 is 1.93 bits per heavy atom. The molecule has 1 amide bonds. The predicted molar refractivity (Wildman–Crippen MR) is 108 cm³/mol. The summed E-state index contributed by atoms with van der Waals surface area (Å²) in [6.45, 7) is 1.81. The SMILES string of the molecule is Cc1ccccc1NC(=O)COc1ccccc1-c1noc(-c2cccs2)n1. The topological polar surface area (TPSA) is 77.2 Å². The molecule has 4 rings (SSSR count). The van der Waals surface area contributed by atoms with E-state index in [2.05, 4.69) is 15.5 Å². The molecule has 4 aromatic rings. The molecule has 28 heavy (non-hydrogen) atoms. The van der Waals surface area contributed by atoms with Crippen molar-refractivity contribution >= 4 is 22.9 Å². The summed E-state index contributed by atoms with van der Waals surface area (Å²) in [7, 11) is 0. The fourth-order valence-corrected chi connectivity index (χ4v) is 3.30. The van der Waals surface area contributed by atoms with Gasteiger partial charge in [0.2, 0.25) is 5.82 Å². The summed E-state index contributed by atoms with van der Waals surface area (Å²) in [5.41, 5.74) is 2.42. The lowest BCUT2D eigenvalue weighted by Crippen LogP contribution is -2.20. The number of rotatable bonds is 6. The second-order valence-corrected chi connectivity index (χ2v) is 7.00. The van der Waals surface area contributed by atoms with Crippen molar-refractivity contribution < 1.29 is 14.1 Å². The Morgan fingerprint density at radius 1 is 1.11 bits per heavy atom. The number of aromatic nitrogens is 2. The molecule has 0 fully saturated rings. The minimum absolute atomic E-state index is 0.124. The van der Waals surface area contributed by atoms with Gasteiger partial charge in [-0.15, -0.1) is 11.3 Å². The van der Waals surface area contributed by atoms with Crippen LogP contribution in [0.2, 0.25) is 0 Å². The van der Waals surface area contributed by atoms with Crippen LogP contribution in [0.25, 0.3) is 22.2 Å². The van der Waals surface area contributed by atoms with Crippen LogP contribution < -0.4 is 10.1 Å². The smallest absolute Gasteiger partial charge is 0.268 e. The summed E-state index contributed by atoms with van der Waals surface area (Å²) in [5, 5.41) is 8.85. The maximum absolute atomic E-state index is 12.3. The number of anilines is 1. The summed E-state index contributed by atoms with van der Waals surface area (Å²) in [4.78, 5) is 17.6.